The van der Waals surface area contributed by atoms with Gasteiger partial charge in [-0.05, 0) is 44.1 Å². The Morgan fingerprint density at radius 1 is 1.18 bits per heavy atom. The molecule has 1 fully saturated rings. The molecule has 1 aliphatic carbocycles. The molecule has 1 heteroatoms. The molecular formula is C16H24O. The highest BCUT2D eigenvalue weighted by Gasteiger charge is 2.43. The molecule has 17 heavy (non-hydrogen) atoms. The van der Waals surface area contributed by atoms with Crippen LogP contribution in [0.3, 0.4) is 0 Å². The van der Waals surface area contributed by atoms with Gasteiger partial charge in [0.25, 0.3) is 0 Å². The molecule has 0 bridgehead atoms. The molecule has 2 rings (SSSR count). The maximum absolute atomic E-state index is 10.5. The second-order valence-electron chi connectivity index (χ2n) is 6.31. The summed E-state index contributed by atoms with van der Waals surface area (Å²) in [6, 6.07) is 6.59. The molecule has 1 nitrogen and oxygen atoms in total. The predicted octanol–water partition coefficient (Wildman–Crippen LogP) is 3.64. The van der Waals surface area contributed by atoms with Crippen LogP contribution in [0.1, 0.15) is 43.4 Å². The minimum atomic E-state index is -0.435. The zero-order valence-corrected chi connectivity index (χ0v) is 11.5. The Balaban J connectivity index is 2.02. The van der Waals surface area contributed by atoms with E-state index in [4.69, 9.17) is 0 Å². The Labute approximate surface area is 105 Å². The molecule has 1 aromatic rings. The Bertz CT molecular complexity index is 380. The van der Waals surface area contributed by atoms with Crippen molar-refractivity contribution in [3.63, 3.8) is 0 Å². The zero-order chi connectivity index (χ0) is 12.6. The lowest BCUT2D eigenvalue weighted by Gasteiger charge is -2.46. The van der Waals surface area contributed by atoms with E-state index in [2.05, 4.69) is 45.9 Å². The van der Waals surface area contributed by atoms with Crippen LogP contribution in [0.15, 0.2) is 18.2 Å². The summed E-state index contributed by atoms with van der Waals surface area (Å²) in [6.07, 6.45) is 2.76. The van der Waals surface area contributed by atoms with Gasteiger partial charge >= 0.3 is 0 Å². The van der Waals surface area contributed by atoms with Crippen molar-refractivity contribution in [1.82, 2.24) is 0 Å². The molecule has 1 aliphatic rings. The van der Waals surface area contributed by atoms with Gasteiger partial charge in [0.05, 0.1) is 5.60 Å². The lowest BCUT2D eigenvalue weighted by Crippen LogP contribution is -2.47. The first kappa shape index (κ1) is 12.6. The average molecular weight is 232 g/mol. The summed E-state index contributed by atoms with van der Waals surface area (Å²) in [4.78, 5) is 0. The van der Waals surface area contributed by atoms with Crippen LogP contribution < -0.4 is 0 Å². The van der Waals surface area contributed by atoms with Gasteiger partial charge in [-0.1, -0.05) is 43.2 Å². The molecule has 0 aromatic heterocycles. The van der Waals surface area contributed by atoms with Crippen molar-refractivity contribution in [2.24, 2.45) is 11.8 Å². The van der Waals surface area contributed by atoms with Crippen LogP contribution in [-0.4, -0.2) is 10.7 Å². The molecule has 0 unspecified atom stereocenters. The highest BCUT2D eigenvalue weighted by Crippen LogP contribution is 2.44. The molecule has 0 spiro atoms. The molecule has 94 valence electrons. The van der Waals surface area contributed by atoms with Gasteiger partial charge in [0.15, 0.2) is 0 Å². The van der Waals surface area contributed by atoms with Gasteiger partial charge in [-0.2, -0.15) is 0 Å². The van der Waals surface area contributed by atoms with Gasteiger partial charge in [0.2, 0.25) is 0 Å². The summed E-state index contributed by atoms with van der Waals surface area (Å²) in [6.45, 7) is 8.75. The lowest BCUT2D eigenvalue weighted by atomic mass is 9.64. The smallest absolute Gasteiger partial charge is 0.0693 e. The van der Waals surface area contributed by atoms with Gasteiger partial charge in [0, 0.05) is 6.42 Å². The van der Waals surface area contributed by atoms with Gasteiger partial charge in [-0.25, -0.2) is 0 Å². The highest BCUT2D eigenvalue weighted by atomic mass is 16.3. The third kappa shape index (κ3) is 2.90. The van der Waals surface area contributed by atoms with E-state index < -0.39 is 5.60 Å². The second kappa shape index (κ2) is 4.45. The Hall–Kier alpha value is -0.820. The topological polar surface area (TPSA) is 20.2 Å². The molecule has 0 amide bonds. The molecule has 0 atom stereocenters. The third-order valence-electron chi connectivity index (χ3n) is 4.04. The summed E-state index contributed by atoms with van der Waals surface area (Å²) in [5, 5.41) is 10.5. The molecule has 0 heterocycles. The Morgan fingerprint density at radius 3 is 2.18 bits per heavy atom. The minimum Gasteiger partial charge on any atom is -0.390 e. The van der Waals surface area contributed by atoms with E-state index in [0.717, 1.165) is 19.3 Å². The molecule has 0 radical (unpaired) electrons. The first-order valence-corrected chi connectivity index (χ1v) is 6.67. The Morgan fingerprint density at radius 2 is 1.71 bits per heavy atom. The van der Waals surface area contributed by atoms with Crippen molar-refractivity contribution in [2.75, 3.05) is 0 Å². The summed E-state index contributed by atoms with van der Waals surface area (Å²) in [5.41, 5.74) is 3.44. The standard InChI is InChI=1S/C16H24O/c1-11(2)15-9-16(17,10-15)8-14-6-12(3)5-13(4)7-14/h5-7,11,15,17H,8-10H2,1-4H3. The maximum atomic E-state index is 10.5. The van der Waals surface area contributed by atoms with E-state index in [1.54, 1.807) is 0 Å². The number of aliphatic hydroxyl groups is 1. The largest absolute Gasteiger partial charge is 0.390 e. The summed E-state index contributed by atoms with van der Waals surface area (Å²) in [5.74, 6) is 1.42. The maximum Gasteiger partial charge on any atom is 0.0693 e. The van der Waals surface area contributed by atoms with Gasteiger partial charge in [0.1, 0.15) is 0 Å². The van der Waals surface area contributed by atoms with Crippen molar-refractivity contribution in [3.8, 4) is 0 Å². The minimum absolute atomic E-state index is 0.435. The van der Waals surface area contributed by atoms with Crippen LogP contribution in [0, 0.1) is 25.7 Å². The molecule has 1 N–H and O–H groups in total. The number of rotatable bonds is 3. The van der Waals surface area contributed by atoms with E-state index in [-0.39, 0.29) is 0 Å². The van der Waals surface area contributed by atoms with E-state index in [1.807, 2.05) is 0 Å². The fraction of sp³-hybridized carbons (Fsp3) is 0.625. The van der Waals surface area contributed by atoms with Crippen LogP contribution in [0.2, 0.25) is 0 Å². The van der Waals surface area contributed by atoms with Crippen LogP contribution in [-0.2, 0) is 6.42 Å². The average Bonchev–Trinajstić information content (AvgIpc) is 2.11. The van der Waals surface area contributed by atoms with Crippen molar-refractivity contribution in [3.05, 3.63) is 34.9 Å². The van der Waals surface area contributed by atoms with Crippen molar-refractivity contribution < 1.29 is 5.11 Å². The molecule has 0 saturated heterocycles. The lowest BCUT2D eigenvalue weighted by molar-refractivity contribution is -0.0860. The van der Waals surface area contributed by atoms with Crippen molar-refractivity contribution >= 4 is 0 Å². The number of hydrogen-bond acceptors (Lipinski definition) is 1. The van der Waals surface area contributed by atoms with E-state index in [1.165, 1.54) is 16.7 Å². The van der Waals surface area contributed by atoms with Crippen molar-refractivity contribution in [2.45, 2.75) is 52.6 Å². The van der Waals surface area contributed by atoms with Crippen LogP contribution in [0.5, 0.6) is 0 Å². The van der Waals surface area contributed by atoms with E-state index in [0.29, 0.717) is 11.8 Å². The quantitative estimate of drug-likeness (QED) is 0.843. The van der Waals surface area contributed by atoms with Gasteiger partial charge in [-0.15, -0.1) is 0 Å². The van der Waals surface area contributed by atoms with E-state index in [9.17, 15) is 5.11 Å². The third-order valence-corrected chi connectivity index (χ3v) is 4.04. The van der Waals surface area contributed by atoms with Crippen LogP contribution in [0.4, 0.5) is 0 Å². The highest BCUT2D eigenvalue weighted by molar-refractivity contribution is 5.30. The SMILES string of the molecule is Cc1cc(C)cc(CC2(O)CC(C(C)C)C2)c1. The van der Waals surface area contributed by atoms with Gasteiger partial charge in [-0.3, -0.25) is 0 Å². The van der Waals surface area contributed by atoms with E-state index >= 15 is 0 Å². The molecule has 0 aliphatic heterocycles. The number of aryl methyl sites for hydroxylation is 2. The first-order valence-electron chi connectivity index (χ1n) is 6.67. The van der Waals surface area contributed by atoms with Crippen LogP contribution in [0.25, 0.3) is 0 Å². The Kier molecular flexibility index (Phi) is 3.31. The summed E-state index contributed by atoms with van der Waals surface area (Å²) < 4.78 is 0. The van der Waals surface area contributed by atoms with Crippen molar-refractivity contribution in [1.29, 1.82) is 0 Å². The summed E-state index contributed by atoms with van der Waals surface area (Å²) >= 11 is 0. The van der Waals surface area contributed by atoms with Crippen LogP contribution >= 0.6 is 0 Å². The molecule has 1 aromatic carbocycles. The number of benzene rings is 1. The van der Waals surface area contributed by atoms with Gasteiger partial charge < -0.3 is 5.11 Å². The second-order valence-corrected chi connectivity index (χ2v) is 6.31. The molecular weight excluding hydrogens is 208 g/mol. The summed E-state index contributed by atoms with van der Waals surface area (Å²) in [7, 11) is 0. The monoisotopic (exact) mass is 232 g/mol. The molecule has 1 saturated carbocycles. The first-order chi connectivity index (χ1) is 7.88. The fourth-order valence-electron chi connectivity index (χ4n) is 3.08. The normalized spacial score (nSPS) is 28.2. The zero-order valence-electron chi connectivity index (χ0n) is 11.5. The fourth-order valence-corrected chi connectivity index (χ4v) is 3.08. The number of hydrogen-bond donors (Lipinski definition) is 1. The predicted molar refractivity (Wildman–Crippen MR) is 72.1 cm³/mol.